The lowest BCUT2D eigenvalue weighted by atomic mass is 9.86. The normalized spacial score (nSPS) is 13.0. The standard InChI is InChI=1S/C34H44N2O2/c1-7-26(3)35-33(38)31(23-28-11-9-8-10-12-28)36(24-29-15-13-25(2)14-16-29)32(37)22-19-27-17-20-30(21-18-27)34(4,5)6/h8-18,20-21,26,31H,7,19,22-24H2,1-6H3,(H,35,38)/t26-,31-/m1/s1. The average Bonchev–Trinajstić information content (AvgIpc) is 2.90. The van der Waals surface area contributed by atoms with Crippen LogP contribution in [0, 0.1) is 6.92 Å². The van der Waals surface area contributed by atoms with Gasteiger partial charge >= 0.3 is 0 Å². The second-order valence-electron chi connectivity index (χ2n) is 11.5. The van der Waals surface area contributed by atoms with Crippen LogP contribution >= 0.6 is 0 Å². The molecule has 4 heteroatoms. The Hall–Kier alpha value is -3.40. The molecule has 1 N–H and O–H groups in total. The lowest BCUT2D eigenvalue weighted by Crippen LogP contribution is -2.52. The Morgan fingerprint density at radius 3 is 2.03 bits per heavy atom. The molecule has 0 aliphatic rings. The van der Waals surface area contributed by atoms with Crippen LogP contribution in [-0.2, 0) is 34.4 Å². The van der Waals surface area contributed by atoms with Crippen LogP contribution in [-0.4, -0.2) is 28.8 Å². The maximum absolute atomic E-state index is 13.9. The number of hydrogen-bond donors (Lipinski definition) is 1. The van der Waals surface area contributed by atoms with Gasteiger partial charge in [0.25, 0.3) is 0 Å². The lowest BCUT2D eigenvalue weighted by Gasteiger charge is -2.32. The van der Waals surface area contributed by atoms with Gasteiger partial charge < -0.3 is 10.2 Å². The van der Waals surface area contributed by atoms with E-state index in [1.54, 1.807) is 4.90 Å². The van der Waals surface area contributed by atoms with E-state index in [-0.39, 0.29) is 23.3 Å². The topological polar surface area (TPSA) is 49.4 Å². The second kappa shape index (κ2) is 13.4. The monoisotopic (exact) mass is 512 g/mol. The molecule has 0 bridgehead atoms. The quantitative estimate of drug-likeness (QED) is 0.308. The molecule has 0 aliphatic heterocycles. The molecule has 4 nitrogen and oxygen atoms in total. The third-order valence-electron chi connectivity index (χ3n) is 7.19. The Labute approximate surface area is 229 Å². The van der Waals surface area contributed by atoms with Crippen molar-refractivity contribution in [1.82, 2.24) is 10.2 Å². The van der Waals surface area contributed by atoms with Gasteiger partial charge in [0.05, 0.1) is 0 Å². The lowest BCUT2D eigenvalue weighted by molar-refractivity contribution is -0.141. The predicted molar refractivity (Wildman–Crippen MR) is 157 cm³/mol. The summed E-state index contributed by atoms with van der Waals surface area (Å²) in [7, 11) is 0. The van der Waals surface area contributed by atoms with E-state index < -0.39 is 6.04 Å². The van der Waals surface area contributed by atoms with Crippen molar-refractivity contribution in [2.45, 2.75) is 91.3 Å². The Morgan fingerprint density at radius 2 is 1.45 bits per heavy atom. The Balaban J connectivity index is 1.88. The van der Waals surface area contributed by atoms with Crippen LogP contribution in [0.15, 0.2) is 78.9 Å². The molecule has 0 aromatic heterocycles. The van der Waals surface area contributed by atoms with Crippen molar-refractivity contribution in [3.05, 3.63) is 107 Å². The molecule has 2 atom stereocenters. The maximum atomic E-state index is 13.9. The van der Waals surface area contributed by atoms with Crippen LogP contribution in [0.25, 0.3) is 0 Å². The van der Waals surface area contributed by atoms with Crippen molar-refractivity contribution in [3.63, 3.8) is 0 Å². The first-order valence-corrected chi connectivity index (χ1v) is 13.9. The zero-order chi connectivity index (χ0) is 27.7. The number of carbonyl (C=O) groups is 2. The fourth-order valence-electron chi connectivity index (χ4n) is 4.45. The van der Waals surface area contributed by atoms with Gasteiger partial charge in [-0.3, -0.25) is 9.59 Å². The SMILES string of the molecule is CC[C@@H](C)NC(=O)[C@@H](Cc1ccccc1)N(Cc1ccc(C)cc1)C(=O)CCc1ccc(C(C)(C)C)cc1. The number of aryl methyl sites for hydroxylation is 2. The molecule has 0 unspecified atom stereocenters. The molecule has 0 saturated heterocycles. The summed E-state index contributed by atoms with van der Waals surface area (Å²) in [6.45, 7) is 13.1. The van der Waals surface area contributed by atoms with Crippen molar-refractivity contribution in [2.75, 3.05) is 0 Å². The van der Waals surface area contributed by atoms with E-state index in [0.29, 0.717) is 25.8 Å². The Bertz CT molecular complexity index is 1160. The first kappa shape index (κ1) is 29.2. The number of amides is 2. The predicted octanol–water partition coefficient (Wildman–Crippen LogP) is 6.78. The molecular weight excluding hydrogens is 468 g/mol. The van der Waals surface area contributed by atoms with Gasteiger partial charge in [-0.2, -0.15) is 0 Å². The first-order valence-electron chi connectivity index (χ1n) is 13.9. The van der Waals surface area contributed by atoms with Crippen molar-refractivity contribution in [3.8, 4) is 0 Å². The molecule has 0 radical (unpaired) electrons. The fraction of sp³-hybridized carbons (Fsp3) is 0.412. The van der Waals surface area contributed by atoms with Crippen LogP contribution in [0.3, 0.4) is 0 Å². The largest absolute Gasteiger partial charge is 0.352 e. The van der Waals surface area contributed by atoms with Gasteiger partial charge in [0, 0.05) is 25.4 Å². The second-order valence-corrected chi connectivity index (χ2v) is 11.5. The molecule has 0 fully saturated rings. The van der Waals surface area contributed by atoms with Gasteiger partial charge in [0.2, 0.25) is 11.8 Å². The van der Waals surface area contributed by atoms with Crippen LogP contribution in [0.5, 0.6) is 0 Å². The summed E-state index contributed by atoms with van der Waals surface area (Å²) in [5.41, 5.74) is 5.72. The van der Waals surface area contributed by atoms with E-state index >= 15 is 0 Å². The highest BCUT2D eigenvalue weighted by atomic mass is 16.2. The minimum atomic E-state index is -0.594. The summed E-state index contributed by atoms with van der Waals surface area (Å²) in [5.74, 6) is -0.107. The summed E-state index contributed by atoms with van der Waals surface area (Å²) in [4.78, 5) is 29.2. The van der Waals surface area contributed by atoms with Gasteiger partial charge in [0.1, 0.15) is 6.04 Å². The van der Waals surface area contributed by atoms with Gasteiger partial charge in [-0.25, -0.2) is 0 Å². The van der Waals surface area contributed by atoms with E-state index in [0.717, 1.165) is 23.1 Å². The molecular formula is C34H44N2O2. The van der Waals surface area contributed by atoms with Crippen LogP contribution < -0.4 is 5.32 Å². The summed E-state index contributed by atoms with van der Waals surface area (Å²) in [5, 5.41) is 3.14. The molecule has 0 heterocycles. The molecule has 0 aliphatic carbocycles. The fourth-order valence-corrected chi connectivity index (χ4v) is 4.45. The highest BCUT2D eigenvalue weighted by Gasteiger charge is 2.30. The van der Waals surface area contributed by atoms with Gasteiger partial charge in [-0.1, -0.05) is 112 Å². The van der Waals surface area contributed by atoms with Gasteiger partial charge in [-0.05, 0) is 54.4 Å². The molecule has 0 saturated carbocycles. The van der Waals surface area contributed by atoms with E-state index in [1.807, 2.05) is 49.4 Å². The maximum Gasteiger partial charge on any atom is 0.243 e. The van der Waals surface area contributed by atoms with Crippen molar-refractivity contribution >= 4 is 11.8 Å². The molecule has 202 valence electrons. The number of nitrogens with one attached hydrogen (secondary N) is 1. The summed E-state index contributed by atoms with van der Waals surface area (Å²) in [6.07, 6.45) is 2.29. The van der Waals surface area contributed by atoms with Crippen LogP contribution in [0.1, 0.15) is 75.3 Å². The third kappa shape index (κ3) is 8.58. The minimum absolute atomic E-state index is 0.00861. The highest BCUT2D eigenvalue weighted by Crippen LogP contribution is 2.23. The minimum Gasteiger partial charge on any atom is -0.352 e. The molecule has 2 amide bonds. The van der Waals surface area contributed by atoms with E-state index in [4.69, 9.17) is 0 Å². The smallest absolute Gasteiger partial charge is 0.243 e. The first-order chi connectivity index (χ1) is 18.1. The van der Waals surface area contributed by atoms with Gasteiger partial charge in [0.15, 0.2) is 0 Å². The third-order valence-corrected chi connectivity index (χ3v) is 7.19. The molecule has 38 heavy (non-hydrogen) atoms. The number of benzene rings is 3. The number of hydrogen-bond acceptors (Lipinski definition) is 2. The summed E-state index contributed by atoms with van der Waals surface area (Å²) < 4.78 is 0. The molecule has 3 aromatic carbocycles. The van der Waals surface area contributed by atoms with Crippen molar-refractivity contribution < 1.29 is 9.59 Å². The number of rotatable bonds is 11. The number of carbonyl (C=O) groups excluding carboxylic acids is 2. The van der Waals surface area contributed by atoms with Crippen LogP contribution in [0.4, 0.5) is 0 Å². The van der Waals surface area contributed by atoms with E-state index in [1.165, 1.54) is 11.1 Å². The highest BCUT2D eigenvalue weighted by molar-refractivity contribution is 5.88. The van der Waals surface area contributed by atoms with E-state index in [2.05, 4.69) is 76.3 Å². The molecule has 0 spiro atoms. The number of nitrogens with zero attached hydrogens (tertiary/aromatic N) is 1. The van der Waals surface area contributed by atoms with Gasteiger partial charge in [-0.15, -0.1) is 0 Å². The Morgan fingerprint density at radius 1 is 0.842 bits per heavy atom. The molecule has 3 aromatic rings. The Kier molecular flexibility index (Phi) is 10.3. The van der Waals surface area contributed by atoms with Crippen molar-refractivity contribution in [1.29, 1.82) is 0 Å². The summed E-state index contributed by atoms with van der Waals surface area (Å²) >= 11 is 0. The molecule has 3 rings (SSSR count). The summed E-state index contributed by atoms with van der Waals surface area (Å²) in [6, 6.07) is 26.2. The van der Waals surface area contributed by atoms with Crippen molar-refractivity contribution in [2.24, 2.45) is 0 Å². The van der Waals surface area contributed by atoms with E-state index in [9.17, 15) is 9.59 Å². The average molecular weight is 513 g/mol. The van der Waals surface area contributed by atoms with Crippen LogP contribution in [0.2, 0.25) is 0 Å². The zero-order valence-electron chi connectivity index (χ0n) is 24.0. The zero-order valence-corrected chi connectivity index (χ0v) is 24.0.